The number of unbranched alkanes of at least 4 members (excludes halogenated alkanes) is 1. The van der Waals surface area contributed by atoms with Gasteiger partial charge in [0.15, 0.2) is 11.5 Å². The SMILES string of the molecule is CCS(=O)(=O)NCCCCc1ccc2c(c1)OCCO2. The van der Waals surface area contributed by atoms with E-state index in [-0.39, 0.29) is 5.75 Å². The summed E-state index contributed by atoms with van der Waals surface area (Å²) in [5, 5.41) is 0. The molecule has 1 aromatic carbocycles. The summed E-state index contributed by atoms with van der Waals surface area (Å²) in [7, 11) is -3.06. The highest BCUT2D eigenvalue weighted by molar-refractivity contribution is 7.89. The number of nitrogens with one attached hydrogen (secondary N) is 1. The van der Waals surface area contributed by atoms with Gasteiger partial charge in [-0.25, -0.2) is 13.1 Å². The molecule has 112 valence electrons. The summed E-state index contributed by atoms with van der Waals surface area (Å²) in [6.07, 6.45) is 2.67. The molecule has 2 rings (SSSR count). The molecule has 0 amide bonds. The van der Waals surface area contributed by atoms with Gasteiger partial charge in [-0.1, -0.05) is 6.07 Å². The van der Waals surface area contributed by atoms with Crippen molar-refractivity contribution in [1.82, 2.24) is 4.72 Å². The van der Waals surface area contributed by atoms with Crippen LogP contribution < -0.4 is 14.2 Å². The minimum absolute atomic E-state index is 0.134. The van der Waals surface area contributed by atoms with Crippen LogP contribution in [0, 0.1) is 0 Å². The highest BCUT2D eigenvalue weighted by Crippen LogP contribution is 2.31. The van der Waals surface area contributed by atoms with Gasteiger partial charge in [0.2, 0.25) is 10.0 Å². The number of benzene rings is 1. The van der Waals surface area contributed by atoms with E-state index in [0.717, 1.165) is 30.8 Å². The Labute approximate surface area is 120 Å². The Morgan fingerprint density at radius 3 is 2.65 bits per heavy atom. The average Bonchev–Trinajstić information content (AvgIpc) is 2.46. The first-order valence-corrected chi connectivity index (χ1v) is 8.62. The molecule has 0 unspecified atom stereocenters. The van der Waals surface area contributed by atoms with E-state index in [9.17, 15) is 8.42 Å². The van der Waals surface area contributed by atoms with E-state index in [1.807, 2.05) is 18.2 Å². The Bertz CT molecular complexity index is 542. The summed E-state index contributed by atoms with van der Waals surface area (Å²) < 4.78 is 36.1. The van der Waals surface area contributed by atoms with Gasteiger partial charge >= 0.3 is 0 Å². The zero-order chi connectivity index (χ0) is 14.4. The van der Waals surface area contributed by atoms with Crippen LogP contribution in [0.5, 0.6) is 11.5 Å². The molecule has 0 saturated carbocycles. The number of hydrogen-bond donors (Lipinski definition) is 1. The van der Waals surface area contributed by atoms with E-state index >= 15 is 0 Å². The van der Waals surface area contributed by atoms with Crippen LogP contribution in [0.1, 0.15) is 25.3 Å². The predicted octanol–water partition coefficient (Wildman–Crippen LogP) is 1.72. The Balaban J connectivity index is 1.74. The van der Waals surface area contributed by atoms with Gasteiger partial charge in [-0.2, -0.15) is 0 Å². The van der Waals surface area contributed by atoms with Gasteiger partial charge in [0.05, 0.1) is 5.75 Å². The standard InChI is InChI=1S/C14H21NO4S/c1-2-20(16,17)15-8-4-3-5-12-6-7-13-14(11-12)19-10-9-18-13/h6-7,11,15H,2-5,8-10H2,1H3. The molecule has 0 bridgehead atoms. The van der Waals surface area contributed by atoms with Crippen LogP contribution in [-0.4, -0.2) is 33.9 Å². The lowest BCUT2D eigenvalue weighted by Gasteiger charge is -2.18. The summed E-state index contributed by atoms with van der Waals surface area (Å²) in [4.78, 5) is 0. The zero-order valence-corrected chi connectivity index (χ0v) is 12.5. The number of sulfonamides is 1. The van der Waals surface area contributed by atoms with E-state index < -0.39 is 10.0 Å². The van der Waals surface area contributed by atoms with E-state index in [1.54, 1.807) is 6.92 Å². The third kappa shape index (κ3) is 4.38. The number of fused-ring (bicyclic) bond motifs is 1. The van der Waals surface area contributed by atoms with Crippen LogP contribution in [-0.2, 0) is 16.4 Å². The first kappa shape index (κ1) is 15.1. The molecule has 6 heteroatoms. The summed E-state index contributed by atoms with van der Waals surface area (Å²) in [6.45, 7) is 3.33. The first-order valence-electron chi connectivity index (χ1n) is 6.96. The van der Waals surface area contributed by atoms with Crippen LogP contribution >= 0.6 is 0 Å². The quantitative estimate of drug-likeness (QED) is 0.779. The van der Waals surface area contributed by atoms with Crippen molar-refractivity contribution in [2.24, 2.45) is 0 Å². The van der Waals surface area contributed by atoms with Crippen molar-refractivity contribution in [2.75, 3.05) is 25.5 Å². The van der Waals surface area contributed by atoms with E-state index in [1.165, 1.54) is 5.56 Å². The molecule has 0 fully saturated rings. The van der Waals surface area contributed by atoms with Gasteiger partial charge in [0, 0.05) is 6.54 Å². The molecule has 1 aromatic rings. The van der Waals surface area contributed by atoms with Crippen molar-refractivity contribution >= 4 is 10.0 Å². The number of aryl methyl sites for hydroxylation is 1. The van der Waals surface area contributed by atoms with Crippen LogP contribution in [0.2, 0.25) is 0 Å². The highest BCUT2D eigenvalue weighted by Gasteiger charge is 2.11. The smallest absolute Gasteiger partial charge is 0.211 e. The van der Waals surface area contributed by atoms with Crippen molar-refractivity contribution in [3.8, 4) is 11.5 Å². The maximum absolute atomic E-state index is 11.3. The van der Waals surface area contributed by atoms with Gasteiger partial charge in [0.1, 0.15) is 13.2 Å². The fourth-order valence-corrected chi connectivity index (χ4v) is 2.69. The van der Waals surface area contributed by atoms with Gasteiger partial charge in [-0.15, -0.1) is 0 Å². The average molecular weight is 299 g/mol. The van der Waals surface area contributed by atoms with E-state index in [0.29, 0.717) is 19.8 Å². The van der Waals surface area contributed by atoms with Crippen molar-refractivity contribution in [2.45, 2.75) is 26.2 Å². The molecule has 1 N–H and O–H groups in total. The van der Waals surface area contributed by atoms with Crippen LogP contribution in [0.25, 0.3) is 0 Å². The van der Waals surface area contributed by atoms with Gasteiger partial charge in [-0.3, -0.25) is 0 Å². The second-order valence-corrected chi connectivity index (χ2v) is 6.83. The third-order valence-electron chi connectivity index (χ3n) is 3.20. The monoisotopic (exact) mass is 299 g/mol. The number of ether oxygens (including phenoxy) is 2. The van der Waals surface area contributed by atoms with Gasteiger partial charge in [0.25, 0.3) is 0 Å². The maximum atomic E-state index is 11.3. The van der Waals surface area contributed by atoms with E-state index in [4.69, 9.17) is 9.47 Å². The summed E-state index contributed by atoms with van der Waals surface area (Å²) in [5.74, 6) is 1.74. The zero-order valence-electron chi connectivity index (χ0n) is 11.7. The van der Waals surface area contributed by atoms with Crippen molar-refractivity contribution in [3.63, 3.8) is 0 Å². The molecular formula is C14H21NO4S. The lowest BCUT2D eigenvalue weighted by molar-refractivity contribution is 0.171. The number of hydrogen-bond acceptors (Lipinski definition) is 4. The molecule has 0 saturated heterocycles. The summed E-state index contributed by atoms with van der Waals surface area (Å²) in [6, 6.07) is 5.97. The molecule has 1 aliphatic rings. The van der Waals surface area contributed by atoms with Gasteiger partial charge < -0.3 is 9.47 Å². The molecule has 1 heterocycles. The maximum Gasteiger partial charge on any atom is 0.211 e. The Hall–Kier alpha value is -1.27. The molecule has 0 aliphatic carbocycles. The molecule has 0 aromatic heterocycles. The third-order valence-corrected chi connectivity index (χ3v) is 4.60. The Kier molecular flexibility index (Phi) is 5.25. The second-order valence-electron chi connectivity index (χ2n) is 4.73. The number of rotatable bonds is 7. The lowest BCUT2D eigenvalue weighted by atomic mass is 10.1. The van der Waals surface area contributed by atoms with Crippen molar-refractivity contribution < 1.29 is 17.9 Å². The summed E-state index contributed by atoms with van der Waals surface area (Å²) in [5.41, 5.74) is 1.19. The largest absolute Gasteiger partial charge is 0.486 e. The molecule has 5 nitrogen and oxygen atoms in total. The van der Waals surface area contributed by atoms with Crippen LogP contribution in [0.4, 0.5) is 0 Å². The molecule has 0 radical (unpaired) electrons. The van der Waals surface area contributed by atoms with E-state index in [2.05, 4.69) is 4.72 Å². The molecular weight excluding hydrogens is 278 g/mol. The highest BCUT2D eigenvalue weighted by atomic mass is 32.2. The molecule has 0 atom stereocenters. The summed E-state index contributed by atoms with van der Waals surface area (Å²) >= 11 is 0. The normalized spacial score (nSPS) is 14.2. The first-order chi connectivity index (χ1) is 9.61. The minimum atomic E-state index is -3.06. The fraction of sp³-hybridized carbons (Fsp3) is 0.571. The molecule has 0 spiro atoms. The second kappa shape index (κ2) is 6.95. The minimum Gasteiger partial charge on any atom is -0.486 e. The Morgan fingerprint density at radius 1 is 1.15 bits per heavy atom. The van der Waals surface area contributed by atoms with Crippen LogP contribution in [0.3, 0.4) is 0 Å². The van der Waals surface area contributed by atoms with Crippen LogP contribution in [0.15, 0.2) is 18.2 Å². The van der Waals surface area contributed by atoms with Gasteiger partial charge in [-0.05, 0) is 43.9 Å². The fourth-order valence-electron chi connectivity index (χ4n) is 2.03. The molecule has 1 aliphatic heterocycles. The topological polar surface area (TPSA) is 64.6 Å². The molecule has 20 heavy (non-hydrogen) atoms. The lowest BCUT2D eigenvalue weighted by Crippen LogP contribution is -2.26. The van der Waals surface area contributed by atoms with Crippen molar-refractivity contribution in [3.05, 3.63) is 23.8 Å². The Morgan fingerprint density at radius 2 is 1.90 bits per heavy atom. The van der Waals surface area contributed by atoms with Crippen molar-refractivity contribution in [1.29, 1.82) is 0 Å². The predicted molar refractivity (Wildman–Crippen MR) is 77.8 cm³/mol.